The van der Waals surface area contributed by atoms with E-state index in [4.69, 9.17) is 0 Å². The molecule has 0 atom stereocenters. The third-order valence-electron chi connectivity index (χ3n) is 6.82. The van der Waals surface area contributed by atoms with Crippen LogP contribution in [0.4, 0.5) is 0 Å². The Morgan fingerprint density at radius 1 is 0.600 bits per heavy atom. The van der Waals surface area contributed by atoms with E-state index in [9.17, 15) is 9.90 Å². The average Bonchev–Trinajstić information content (AvgIpc) is 2.71. The number of carboxylic acid groups (broad SMARTS) is 1. The number of carbonyl (C=O) groups is 1. The van der Waals surface area contributed by atoms with Crippen LogP contribution in [0.3, 0.4) is 0 Å². The molecule has 0 aromatic heterocycles. The Labute approximate surface area is 189 Å². The molecule has 0 amide bonds. The van der Waals surface area contributed by atoms with Crippen molar-refractivity contribution in [2.24, 2.45) is 0 Å². The Kier molecular flexibility index (Phi) is 20.0. The van der Waals surface area contributed by atoms with Gasteiger partial charge in [-0.25, -0.2) is 0 Å². The minimum Gasteiger partial charge on any atom is -0.480 e. The molecule has 0 bridgehead atoms. The number of rotatable bonds is 23. The molecule has 3 nitrogen and oxygen atoms in total. The summed E-state index contributed by atoms with van der Waals surface area (Å²) in [5.41, 5.74) is -0.756. The van der Waals surface area contributed by atoms with Gasteiger partial charge in [-0.05, 0) is 33.9 Å². The van der Waals surface area contributed by atoms with E-state index in [2.05, 4.69) is 6.92 Å². The van der Waals surface area contributed by atoms with Gasteiger partial charge in [0, 0.05) is 0 Å². The zero-order chi connectivity index (χ0) is 22.5. The average molecular weight is 426 g/mol. The van der Waals surface area contributed by atoms with Crippen molar-refractivity contribution in [2.75, 3.05) is 13.6 Å². The van der Waals surface area contributed by atoms with Crippen molar-refractivity contribution < 1.29 is 9.90 Å². The molecule has 0 aliphatic rings. The molecule has 180 valence electrons. The second-order valence-corrected chi connectivity index (χ2v) is 10.0. The molecular weight excluding hydrogens is 370 g/mol. The highest BCUT2D eigenvalue weighted by molar-refractivity contribution is 5.77. The maximum atomic E-state index is 11.2. The van der Waals surface area contributed by atoms with Gasteiger partial charge in [0.2, 0.25) is 0 Å². The molecule has 1 N–H and O–H groups in total. The van der Waals surface area contributed by atoms with Gasteiger partial charge in [0.15, 0.2) is 0 Å². The first kappa shape index (κ1) is 29.4. The van der Waals surface area contributed by atoms with Crippen molar-refractivity contribution in [1.29, 1.82) is 0 Å². The number of hydrogen-bond acceptors (Lipinski definition) is 2. The number of aliphatic carboxylic acids is 1. The number of carboxylic acids is 1. The maximum Gasteiger partial charge on any atom is 0.323 e. The lowest BCUT2D eigenvalue weighted by Crippen LogP contribution is -2.48. The second-order valence-electron chi connectivity index (χ2n) is 10.0. The van der Waals surface area contributed by atoms with Gasteiger partial charge in [-0.1, -0.05) is 129 Å². The van der Waals surface area contributed by atoms with E-state index in [-0.39, 0.29) is 0 Å². The Morgan fingerprint density at radius 3 is 1.13 bits per heavy atom. The highest BCUT2D eigenvalue weighted by Gasteiger charge is 2.31. The lowest BCUT2D eigenvalue weighted by molar-refractivity contribution is -0.148. The fourth-order valence-electron chi connectivity index (χ4n) is 4.05. The van der Waals surface area contributed by atoms with E-state index in [1.807, 2.05) is 11.9 Å². The van der Waals surface area contributed by atoms with E-state index in [1.54, 1.807) is 13.8 Å². The predicted octanol–water partition coefficient (Wildman–Crippen LogP) is 8.60. The van der Waals surface area contributed by atoms with E-state index >= 15 is 0 Å². The first-order valence-corrected chi connectivity index (χ1v) is 13.4. The van der Waals surface area contributed by atoms with Crippen LogP contribution >= 0.6 is 0 Å². The van der Waals surface area contributed by atoms with Gasteiger partial charge in [0.1, 0.15) is 5.54 Å². The van der Waals surface area contributed by atoms with E-state index in [0.29, 0.717) is 0 Å². The third kappa shape index (κ3) is 17.1. The third-order valence-corrected chi connectivity index (χ3v) is 6.82. The molecule has 0 unspecified atom stereocenters. The Hall–Kier alpha value is -0.570. The largest absolute Gasteiger partial charge is 0.480 e. The minimum absolute atomic E-state index is 0.738. The topological polar surface area (TPSA) is 40.5 Å². The maximum absolute atomic E-state index is 11.2. The molecule has 0 aliphatic heterocycles. The first-order chi connectivity index (χ1) is 14.4. The minimum atomic E-state index is -0.756. The van der Waals surface area contributed by atoms with Crippen LogP contribution in [0.2, 0.25) is 0 Å². The molecule has 0 aliphatic carbocycles. The zero-order valence-electron chi connectivity index (χ0n) is 21.2. The van der Waals surface area contributed by atoms with Crippen LogP contribution in [0.15, 0.2) is 0 Å². The van der Waals surface area contributed by atoms with Crippen LogP contribution in [-0.2, 0) is 4.79 Å². The highest BCUT2D eigenvalue weighted by atomic mass is 16.4. The van der Waals surface area contributed by atoms with Crippen LogP contribution in [-0.4, -0.2) is 35.1 Å². The van der Waals surface area contributed by atoms with Crippen molar-refractivity contribution in [3.8, 4) is 0 Å². The quantitative estimate of drug-likeness (QED) is 0.167. The number of nitrogens with zero attached hydrogens (tertiary/aromatic N) is 1. The smallest absolute Gasteiger partial charge is 0.323 e. The van der Waals surface area contributed by atoms with Gasteiger partial charge in [0.25, 0.3) is 0 Å². The van der Waals surface area contributed by atoms with Crippen LogP contribution < -0.4 is 0 Å². The van der Waals surface area contributed by atoms with Crippen molar-refractivity contribution in [3.63, 3.8) is 0 Å². The molecule has 30 heavy (non-hydrogen) atoms. The van der Waals surface area contributed by atoms with Crippen molar-refractivity contribution in [2.45, 2.75) is 155 Å². The molecule has 0 aromatic rings. The molecular formula is C27H55NO2. The Morgan fingerprint density at radius 2 is 0.867 bits per heavy atom. The molecule has 0 saturated carbocycles. The Balaban J connectivity index is 3.21. The van der Waals surface area contributed by atoms with Crippen molar-refractivity contribution >= 4 is 5.97 Å². The van der Waals surface area contributed by atoms with Crippen LogP contribution in [0, 0.1) is 0 Å². The van der Waals surface area contributed by atoms with Crippen molar-refractivity contribution in [1.82, 2.24) is 4.90 Å². The summed E-state index contributed by atoms with van der Waals surface area (Å²) in [6.45, 7) is 6.73. The number of hydrogen-bond donors (Lipinski definition) is 1. The summed E-state index contributed by atoms with van der Waals surface area (Å²) >= 11 is 0. The first-order valence-electron chi connectivity index (χ1n) is 13.4. The summed E-state index contributed by atoms with van der Waals surface area (Å²) in [6, 6.07) is 0. The second kappa shape index (κ2) is 20.3. The van der Waals surface area contributed by atoms with Gasteiger partial charge in [-0.15, -0.1) is 0 Å². The molecule has 3 heteroatoms. The predicted molar refractivity (Wildman–Crippen MR) is 132 cm³/mol. The summed E-state index contributed by atoms with van der Waals surface area (Å²) in [5.74, 6) is -0.738. The van der Waals surface area contributed by atoms with Crippen molar-refractivity contribution in [3.05, 3.63) is 0 Å². The van der Waals surface area contributed by atoms with E-state index < -0.39 is 11.5 Å². The molecule has 0 fully saturated rings. The van der Waals surface area contributed by atoms with E-state index in [1.165, 1.54) is 122 Å². The fraction of sp³-hybridized carbons (Fsp3) is 0.963. The molecule has 0 radical (unpaired) electrons. The highest BCUT2D eigenvalue weighted by Crippen LogP contribution is 2.16. The Bertz CT molecular complexity index is 381. The SMILES string of the molecule is CCCCCCCCCCCCCCCCCCCCCCN(C)C(C)(C)C(=O)O. The van der Waals surface area contributed by atoms with Gasteiger partial charge in [0.05, 0.1) is 0 Å². The normalized spacial score (nSPS) is 12.0. The van der Waals surface area contributed by atoms with Gasteiger partial charge in [-0.3, -0.25) is 9.69 Å². The summed E-state index contributed by atoms with van der Waals surface area (Å²) in [5, 5.41) is 9.24. The summed E-state index contributed by atoms with van der Waals surface area (Å²) in [6.07, 6.45) is 27.8. The van der Waals surface area contributed by atoms with Crippen LogP contribution in [0.1, 0.15) is 149 Å². The lowest BCUT2D eigenvalue weighted by atomic mass is 10.0. The standard InChI is InChI=1S/C27H55NO2/c1-5-6-7-8-9-10-11-12-13-14-15-16-17-18-19-20-21-22-23-24-25-28(4)27(2,3)26(29)30/h5-25H2,1-4H3,(H,29,30). The van der Waals surface area contributed by atoms with Gasteiger partial charge in [-0.2, -0.15) is 0 Å². The summed E-state index contributed by atoms with van der Waals surface area (Å²) in [4.78, 5) is 13.2. The number of likely N-dealkylation sites (N-methyl/N-ethyl adjacent to an activating group) is 1. The zero-order valence-corrected chi connectivity index (χ0v) is 21.2. The molecule has 0 aromatic carbocycles. The summed E-state index contributed by atoms with van der Waals surface area (Å²) in [7, 11) is 1.92. The molecule has 0 saturated heterocycles. The lowest BCUT2D eigenvalue weighted by Gasteiger charge is -2.31. The van der Waals surface area contributed by atoms with E-state index in [0.717, 1.165) is 13.0 Å². The van der Waals surface area contributed by atoms with Gasteiger partial charge >= 0.3 is 5.97 Å². The van der Waals surface area contributed by atoms with Gasteiger partial charge < -0.3 is 5.11 Å². The van der Waals surface area contributed by atoms with Crippen LogP contribution in [0.25, 0.3) is 0 Å². The monoisotopic (exact) mass is 425 g/mol. The van der Waals surface area contributed by atoms with Crippen LogP contribution in [0.5, 0.6) is 0 Å². The molecule has 0 spiro atoms. The summed E-state index contributed by atoms with van der Waals surface area (Å²) < 4.78 is 0. The molecule has 0 heterocycles. The molecule has 0 rings (SSSR count). The number of unbranched alkanes of at least 4 members (excludes halogenated alkanes) is 19. The fourth-order valence-corrected chi connectivity index (χ4v) is 4.05.